The van der Waals surface area contributed by atoms with Crippen molar-refractivity contribution in [2.75, 3.05) is 6.61 Å². The molecule has 0 aliphatic carbocycles. The van der Waals surface area contributed by atoms with E-state index in [1.54, 1.807) is 0 Å². The Morgan fingerprint density at radius 2 is 1.19 bits per heavy atom. The summed E-state index contributed by atoms with van der Waals surface area (Å²) in [6, 6.07) is 0. The molecule has 0 heterocycles. The highest BCUT2D eigenvalue weighted by molar-refractivity contribution is 7.94. The van der Waals surface area contributed by atoms with E-state index in [4.69, 9.17) is 4.74 Å². The molecule has 0 aliphatic heterocycles. The molecule has 1 rings (SSSR count). The zero-order valence-electron chi connectivity index (χ0n) is 14.9. The molecule has 0 spiro atoms. The normalized spacial score (nSPS) is 11.2. The van der Waals surface area contributed by atoms with Crippen LogP contribution in [0.15, 0.2) is 4.90 Å². The molecule has 150 valence electrons. The Morgan fingerprint density at radius 3 is 1.65 bits per heavy atom. The van der Waals surface area contributed by atoms with Crippen molar-refractivity contribution in [2.45, 2.75) is 76.0 Å². The molecular weight excluding hydrogens is 372 g/mol. The number of hydrogen-bond donors (Lipinski definition) is 0. The lowest BCUT2D eigenvalue weighted by Gasteiger charge is -2.13. The Balaban J connectivity index is 2.31. The summed E-state index contributed by atoms with van der Waals surface area (Å²) in [5.41, 5.74) is 0. The van der Waals surface area contributed by atoms with Crippen LogP contribution in [0.3, 0.4) is 0 Å². The highest BCUT2D eigenvalue weighted by Crippen LogP contribution is 2.35. The predicted molar refractivity (Wildman–Crippen MR) is 90.6 cm³/mol. The molecule has 0 unspecified atom stereocenters. The van der Waals surface area contributed by atoms with Crippen LogP contribution in [0.1, 0.15) is 71.1 Å². The van der Waals surface area contributed by atoms with Gasteiger partial charge in [0.1, 0.15) is 4.90 Å². The van der Waals surface area contributed by atoms with E-state index in [0.717, 1.165) is 25.7 Å². The first kappa shape index (κ1) is 23.0. The fraction of sp³-hybridized carbons (Fsp3) is 0.667. The second-order valence-electron chi connectivity index (χ2n) is 6.10. The van der Waals surface area contributed by atoms with E-state index in [1.165, 1.54) is 32.1 Å². The van der Waals surface area contributed by atoms with Crippen LogP contribution in [0.4, 0.5) is 17.6 Å². The summed E-state index contributed by atoms with van der Waals surface area (Å²) in [6.07, 6.45) is 10.8. The van der Waals surface area contributed by atoms with Gasteiger partial charge in [0.25, 0.3) is 0 Å². The Morgan fingerprint density at radius 1 is 0.731 bits per heavy atom. The smallest absolute Gasteiger partial charge is 0.205 e. The summed E-state index contributed by atoms with van der Waals surface area (Å²) in [4.78, 5) is -1.17. The van der Waals surface area contributed by atoms with E-state index in [1.807, 2.05) is 0 Å². The van der Waals surface area contributed by atoms with Crippen LogP contribution in [0.25, 0.3) is 0 Å². The van der Waals surface area contributed by atoms with Crippen LogP contribution in [-0.4, -0.2) is 6.61 Å². The van der Waals surface area contributed by atoms with Gasteiger partial charge in [-0.15, -0.1) is 0 Å². The molecule has 0 N–H and O–H groups in total. The number of unbranched alkanes of at least 4 members (excludes halogenated alkanes) is 9. The molecule has 0 radical (unpaired) electrons. The second kappa shape index (κ2) is 13.2. The molecule has 0 amide bonds. The van der Waals surface area contributed by atoms with Crippen molar-refractivity contribution in [3.63, 3.8) is 0 Å². The van der Waals surface area contributed by atoms with Crippen molar-refractivity contribution in [3.8, 4) is 5.75 Å². The minimum Gasteiger partial charge on any atom is -0.710 e. The Kier molecular flexibility index (Phi) is 11.7. The van der Waals surface area contributed by atoms with Crippen LogP contribution in [-0.2, 0) is 4.33 Å². The monoisotopic (exact) mass is 397 g/mol. The minimum absolute atomic E-state index is 0.0479. The summed E-state index contributed by atoms with van der Waals surface area (Å²) in [7, 11) is 0. The molecule has 26 heavy (non-hydrogen) atoms. The fourth-order valence-corrected chi connectivity index (χ4v) is 2.98. The van der Waals surface area contributed by atoms with Crippen molar-refractivity contribution in [3.05, 3.63) is 23.3 Å². The number of hydrogen-bond acceptors (Lipinski definition) is 4. The van der Waals surface area contributed by atoms with Gasteiger partial charge in [-0.2, -0.15) is 8.78 Å². The standard InChI is InChI=1S/C18H26F4O3S/c1-2-3-4-5-6-7-8-9-10-11-12-24-17-13(19)15(21)18(26-25-23)16(22)14(17)20/h23H,2-12H2,1H3/p-1. The molecule has 1 aromatic rings. The summed E-state index contributed by atoms with van der Waals surface area (Å²) < 4.78 is 62.8. The van der Waals surface area contributed by atoms with E-state index in [0.29, 0.717) is 6.42 Å². The first-order valence-electron chi connectivity index (χ1n) is 8.99. The van der Waals surface area contributed by atoms with E-state index in [9.17, 15) is 22.8 Å². The maximum atomic E-state index is 13.8. The number of ether oxygens (including phenoxy) is 1. The molecule has 1 aromatic carbocycles. The van der Waals surface area contributed by atoms with Gasteiger partial charge < -0.3 is 14.3 Å². The maximum Gasteiger partial charge on any atom is 0.205 e. The third-order valence-electron chi connectivity index (χ3n) is 4.04. The van der Waals surface area contributed by atoms with E-state index < -0.39 is 33.9 Å². The average Bonchev–Trinajstić information content (AvgIpc) is 2.64. The van der Waals surface area contributed by atoms with Gasteiger partial charge in [0.15, 0.2) is 17.4 Å². The number of halogens is 4. The zero-order valence-corrected chi connectivity index (χ0v) is 15.7. The van der Waals surface area contributed by atoms with Gasteiger partial charge in [-0.25, -0.2) is 8.78 Å². The van der Waals surface area contributed by atoms with Crippen molar-refractivity contribution in [2.24, 2.45) is 0 Å². The van der Waals surface area contributed by atoms with Crippen LogP contribution in [0, 0.1) is 23.3 Å². The Bertz CT molecular complexity index is 515. The lowest BCUT2D eigenvalue weighted by molar-refractivity contribution is -0.630. The third kappa shape index (κ3) is 7.32. The van der Waals surface area contributed by atoms with Crippen LogP contribution >= 0.6 is 12.0 Å². The largest absolute Gasteiger partial charge is 0.710 e. The molecule has 0 saturated carbocycles. The van der Waals surface area contributed by atoms with Gasteiger partial charge in [0.05, 0.1) is 6.61 Å². The summed E-state index contributed by atoms with van der Waals surface area (Å²) in [5, 5.41) is 9.95. The topological polar surface area (TPSA) is 41.5 Å². The quantitative estimate of drug-likeness (QED) is 0.0987. The van der Waals surface area contributed by atoms with Crippen molar-refractivity contribution in [1.29, 1.82) is 0 Å². The number of rotatable bonds is 14. The molecule has 0 fully saturated rings. The molecule has 0 bridgehead atoms. The molecule has 0 aromatic heterocycles. The molecule has 0 saturated heterocycles. The van der Waals surface area contributed by atoms with E-state index >= 15 is 0 Å². The lowest BCUT2D eigenvalue weighted by Crippen LogP contribution is -2.08. The first-order chi connectivity index (χ1) is 12.5. The van der Waals surface area contributed by atoms with Gasteiger partial charge in [-0.05, 0) is 6.42 Å². The van der Waals surface area contributed by atoms with Gasteiger partial charge in [0, 0.05) is 12.0 Å². The Hall–Kier alpha value is -0.990. The summed E-state index contributed by atoms with van der Waals surface area (Å²) in [5.74, 6) is -7.86. The van der Waals surface area contributed by atoms with Crippen LogP contribution < -0.4 is 9.99 Å². The maximum absolute atomic E-state index is 13.8. The summed E-state index contributed by atoms with van der Waals surface area (Å²) in [6.45, 7) is 2.13. The van der Waals surface area contributed by atoms with Crippen molar-refractivity contribution in [1.82, 2.24) is 0 Å². The lowest BCUT2D eigenvalue weighted by atomic mass is 10.1. The van der Waals surface area contributed by atoms with Gasteiger partial charge in [-0.1, -0.05) is 64.7 Å². The zero-order chi connectivity index (χ0) is 19.4. The van der Waals surface area contributed by atoms with Gasteiger partial charge in [-0.3, -0.25) is 0 Å². The fourth-order valence-electron chi connectivity index (χ4n) is 2.59. The van der Waals surface area contributed by atoms with Gasteiger partial charge in [0.2, 0.25) is 11.6 Å². The van der Waals surface area contributed by atoms with Crippen LogP contribution in [0.5, 0.6) is 5.75 Å². The van der Waals surface area contributed by atoms with Crippen molar-refractivity contribution >= 4 is 12.0 Å². The van der Waals surface area contributed by atoms with E-state index in [-0.39, 0.29) is 18.6 Å². The van der Waals surface area contributed by atoms with Crippen molar-refractivity contribution < 1.29 is 31.9 Å². The second-order valence-corrected chi connectivity index (χ2v) is 6.81. The predicted octanol–water partition coefficient (Wildman–Crippen LogP) is 5.84. The first-order valence-corrected chi connectivity index (χ1v) is 9.73. The molecule has 0 atom stereocenters. The number of benzene rings is 1. The third-order valence-corrected chi connectivity index (χ3v) is 4.64. The highest BCUT2D eigenvalue weighted by Gasteiger charge is 2.27. The van der Waals surface area contributed by atoms with Crippen LogP contribution in [0.2, 0.25) is 0 Å². The highest BCUT2D eigenvalue weighted by atomic mass is 32.2. The van der Waals surface area contributed by atoms with Gasteiger partial charge >= 0.3 is 0 Å². The summed E-state index contributed by atoms with van der Waals surface area (Å²) >= 11 is -0.330. The molecule has 3 nitrogen and oxygen atoms in total. The molecule has 8 heteroatoms. The molecular formula is C18H25F4O3S-. The minimum atomic E-state index is -1.71. The SMILES string of the molecule is CCCCCCCCCCCCOc1c(F)c(F)c(SO[O-])c(F)c1F. The average molecular weight is 397 g/mol. The molecule has 0 aliphatic rings. The Labute approximate surface area is 156 Å². The van der Waals surface area contributed by atoms with E-state index in [2.05, 4.69) is 11.3 Å².